The van der Waals surface area contributed by atoms with E-state index in [-0.39, 0.29) is 0 Å². The van der Waals surface area contributed by atoms with Crippen molar-refractivity contribution in [2.75, 3.05) is 0 Å². The standard InChI is InChI=1S/C23H35BO/c1-4-5-6-8-16(2)11-12-20-17(3)13-19-15-22-18(14-21(19)20)9-7-10-23(22)24-25/h7,9-10,16-17,19-21H,4-6,8,11-15H2,1-3H3/t16-,17+,19?,20-,21-/m0/s1. The molecule has 0 N–H and O–H groups in total. The third kappa shape index (κ3) is 4.26. The number of hydrogen-bond acceptors (Lipinski definition) is 1. The first-order chi connectivity index (χ1) is 12.1. The minimum absolute atomic E-state index is 0.809. The van der Waals surface area contributed by atoms with Gasteiger partial charge in [-0.15, -0.1) is 0 Å². The molecule has 1 aromatic carbocycles. The van der Waals surface area contributed by atoms with E-state index in [0.717, 1.165) is 48.6 Å². The fourth-order valence-electron chi connectivity index (χ4n) is 5.74. The van der Waals surface area contributed by atoms with E-state index in [1.807, 2.05) is 6.07 Å². The van der Waals surface area contributed by atoms with Crippen LogP contribution in [0.2, 0.25) is 0 Å². The summed E-state index contributed by atoms with van der Waals surface area (Å²) in [6.45, 7) is 7.23. The monoisotopic (exact) mass is 338 g/mol. The van der Waals surface area contributed by atoms with Gasteiger partial charge in [0.05, 0.1) is 0 Å². The van der Waals surface area contributed by atoms with Crippen LogP contribution >= 0.6 is 0 Å². The molecule has 1 nitrogen and oxygen atoms in total. The summed E-state index contributed by atoms with van der Waals surface area (Å²) in [5.41, 5.74) is 3.76. The van der Waals surface area contributed by atoms with Gasteiger partial charge in [0, 0.05) is 0 Å². The molecular weight excluding hydrogens is 303 g/mol. The zero-order valence-corrected chi connectivity index (χ0v) is 16.5. The second-order valence-electron chi connectivity index (χ2n) is 8.99. The topological polar surface area (TPSA) is 17.1 Å². The first-order valence-corrected chi connectivity index (χ1v) is 10.7. The molecule has 1 unspecified atom stereocenters. The van der Waals surface area contributed by atoms with E-state index in [4.69, 9.17) is 0 Å². The summed E-state index contributed by atoms with van der Waals surface area (Å²) in [6.07, 6.45) is 12.1. The van der Waals surface area contributed by atoms with Gasteiger partial charge in [0.2, 0.25) is 0 Å². The molecular formula is C23H35BO. The van der Waals surface area contributed by atoms with Crippen LogP contribution in [0.1, 0.15) is 76.8 Å². The number of benzene rings is 1. The molecule has 1 saturated carbocycles. The Morgan fingerprint density at radius 1 is 1.20 bits per heavy atom. The van der Waals surface area contributed by atoms with Gasteiger partial charge in [-0.2, -0.15) is 0 Å². The van der Waals surface area contributed by atoms with Crippen molar-refractivity contribution in [3.63, 3.8) is 0 Å². The van der Waals surface area contributed by atoms with Gasteiger partial charge in [-0.1, -0.05) is 13.3 Å². The van der Waals surface area contributed by atoms with Gasteiger partial charge in [0.25, 0.3) is 0 Å². The van der Waals surface area contributed by atoms with E-state index in [2.05, 4.69) is 32.9 Å². The van der Waals surface area contributed by atoms with E-state index in [1.54, 1.807) is 0 Å². The summed E-state index contributed by atoms with van der Waals surface area (Å²) in [4.78, 5) is 0. The second kappa shape index (κ2) is 8.65. The molecule has 25 heavy (non-hydrogen) atoms. The van der Waals surface area contributed by atoms with Crippen LogP contribution in [-0.2, 0) is 17.5 Å². The Balaban J connectivity index is 1.62. The predicted molar refractivity (Wildman–Crippen MR) is 107 cm³/mol. The molecule has 3 rings (SSSR count). The molecule has 0 amide bonds. The fourth-order valence-corrected chi connectivity index (χ4v) is 5.74. The number of fused-ring (bicyclic) bond motifs is 2. The molecule has 1 fully saturated rings. The van der Waals surface area contributed by atoms with E-state index >= 15 is 0 Å². The molecule has 5 atom stereocenters. The Hall–Kier alpha value is -0.915. The van der Waals surface area contributed by atoms with Gasteiger partial charge in [-0.25, -0.2) is 0 Å². The number of hydrogen-bond donors (Lipinski definition) is 0. The van der Waals surface area contributed by atoms with Gasteiger partial charge in [0.15, 0.2) is 0 Å². The molecule has 2 aliphatic rings. The summed E-state index contributed by atoms with van der Waals surface area (Å²) < 4.78 is 11.4. The van der Waals surface area contributed by atoms with Crippen molar-refractivity contribution >= 4 is 12.6 Å². The maximum absolute atomic E-state index is 11.4. The van der Waals surface area contributed by atoms with Crippen LogP contribution in [0, 0.1) is 29.6 Å². The predicted octanol–water partition coefficient (Wildman–Crippen LogP) is 5.35. The van der Waals surface area contributed by atoms with Crippen molar-refractivity contribution in [2.24, 2.45) is 29.6 Å². The SMILES string of the molecule is CCCCC[C@H](C)CC[C@H]1[C@H](C)CC2Cc3c(B=O)cccc3C[C@@H]21. The van der Waals surface area contributed by atoms with Gasteiger partial charge in [0.1, 0.15) is 0 Å². The van der Waals surface area contributed by atoms with Crippen molar-refractivity contribution in [2.45, 2.75) is 78.6 Å². The molecule has 0 bridgehead atoms. The van der Waals surface area contributed by atoms with Crippen LogP contribution in [0.25, 0.3) is 0 Å². The molecule has 0 radical (unpaired) electrons. The Bertz CT molecular complexity index is 581. The van der Waals surface area contributed by atoms with Crippen LogP contribution in [0.4, 0.5) is 0 Å². The Kier molecular flexibility index (Phi) is 6.52. The van der Waals surface area contributed by atoms with E-state index in [9.17, 15) is 4.70 Å². The molecule has 0 saturated heterocycles. The average Bonchev–Trinajstić information content (AvgIpc) is 2.92. The zero-order valence-electron chi connectivity index (χ0n) is 16.5. The van der Waals surface area contributed by atoms with Crippen molar-refractivity contribution < 1.29 is 4.70 Å². The van der Waals surface area contributed by atoms with E-state index in [0.29, 0.717) is 0 Å². The van der Waals surface area contributed by atoms with Crippen LogP contribution in [-0.4, -0.2) is 7.15 Å². The molecule has 136 valence electrons. The third-order valence-corrected chi connectivity index (χ3v) is 7.21. The summed E-state index contributed by atoms with van der Waals surface area (Å²) in [6, 6.07) is 6.35. The van der Waals surface area contributed by atoms with Gasteiger partial charge >= 0.3 is 141 Å². The molecule has 2 aliphatic carbocycles. The summed E-state index contributed by atoms with van der Waals surface area (Å²) in [7, 11) is 1.06. The minimum atomic E-state index is 0.809. The van der Waals surface area contributed by atoms with E-state index in [1.165, 1.54) is 62.5 Å². The first-order valence-electron chi connectivity index (χ1n) is 10.7. The van der Waals surface area contributed by atoms with E-state index < -0.39 is 0 Å². The van der Waals surface area contributed by atoms with Gasteiger partial charge in [-0.05, 0) is 0 Å². The zero-order chi connectivity index (χ0) is 17.8. The summed E-state index contributed by atoms with van der Waals surface area (Å²) >= 11 is 0. The average molecular weight is 338 g/mol. The quantitative estimate of drug-likeness (QED) is 0.461. The van der Waals surface area contributed by atoms with Crippen molar-refractivity contribution in [1.82, 2.24) is 0 Å². The fraction of sp³-hybridized carbons (Fsp3) is 0.739. The Morgan fingerprint density at radius 3 is 2.80 bits per heavy atom. The van der Waals surface area contributed by atoms with Gasteiger partial charge < -0.3 is 0 Å². The molecule has 0 aromatic heterocycles. The van der Waals surface area contributed by atoms with Crippen molar-refractivity contribution in [3.05, 3.63) is 29.3 Å². The van der Waals surface area contributed by atoms with Crippen LogP contribution < -0.4 is 5.46 Å². The molecule has 2 heteroatoms. The molecule has 1 aromatic rings. The molecule has 0 heterocycles. The Labute approximate surface area is 155 Å². The van der Waals surface area contributed by atoms with Crippen molar-refractivity contribution in [3.8, 4) is 0 Å². The van der Waals surface area contributed by atoms with Crippen LogP contribution in [0.3, 0.4) is 0 Å². The molecule has 0 spiro atoms. The third-order valence-electron chi connectivity index (χ3n) is 7.21. The first kappa shape index (κ1) is 18.9. The molecule has 0 aliphatic heterocycles. The van der Waals surface area contributed by atoms with Crippen molar-refractivity contribution in [1.29, 1.82) is 0 Å². The summed E-state index contributed by atoms with van der Waals surface area (Å²) in [5.74, 6) is 4.30. The Morgan fingerprint density at radius 2 is 2.04 bits per heavy atom. The second-order valence-corrected chi connectivity index (χ2v) is 8.99. The maximum atomic E-state index is 11.4. The van der Waals surface area contributed by atoms with Gasteiger partial charge in [-0.3, -0.25) is 0 Å². The van der Waals surface area contributed by atoms with Crippen LogP contribution in [0.15, 0.2) is 18.2 Å². The number of rotatable bonds is 8. The summed E-state index contributed by atoms with van der Waals surface area (Å²) in [5, 5.41) is 0. The normalized spacial score (nSPS) is 28.9. The van der Waals surface area contributed by atoms with Crippen LogP contribution in [0.5, 0.6) is 0 Å². The number of unbranched alkanes of at least 4 members (excludes halogenated alkanes) is 2.